The summed E-state index contributed by atoms with van der Waals surface area (Å²) in [6, 6.07) is 42.5. The molecule has 7 aromatic rings. The second kappa shape index (κ2) is 14.3. The van der Waals surface area contributed by atoms with Gasteiger partial charge in [0.2, 0.25) is 0 Å². The van der Waals surface area contributed by atoms with Gasteiger partial charge in [-0.15, -0.1) is 0 Å². The van der Waals surface area contributed by atoms with Gasteiger partial charge in [0.25, 0.3) is 0 Å². The smallest absolute Gasteiger partial charge is 0.0738 e. The Kier molecular flexibility index (Phi) is 8.77. The number of rotatable bonds is 8. The number of aromatic amines is 2. The SMILES string of the molecule is C=Cc1ccc(-c2c3nc(c(-c4ccc(C=C)cc4)c4ccc([nH]4)c(-c4ccc(C=C)cc4)c4ccc([nH]4)c(-c4ccc(C=C)cc4)c4nc2C=C4)C=C3)cc1. The van der Waals surface area contributed by atoms with Crippen LogP contribution < -0.4 is 0 Å². The summed E-state index contributed by atoms with van der Waals surface area (Å²) in [5, 5.41) is 0. The standard InChI is InChI=1S/C52H38N4/c1-5-33-9-17-37(18-10-33)49-41-25-27-43(53-41)50(38-19-11-34(6-2)12-20-38)45-29-31-47(55-45)52(40-23-15-36(8-4)16-24-40)48-32-30-46(56-48)51(44-28-26-42(49)54-44)39-21-13-35(7-3)14-22-39/h5-32,53-54H,1-4H2. The summed E-state index contributed by atoms with van der Waals surface area (Å²) in [4.78, 5) is 18.5. The first kappa shape index (κ1) is 34.2. The minimum atomic E-state index is 0.837. The summed E-state index contributed by atoms with van der Waals surface area (Å²) in [6.07, 6.45) is 15.9. The molecule has 4 aromatic carbocycles. The van der Waals surface area contributed by atoms with Crippen LogP contribution in [-0.4, -0.2) is 19.9 Å². The molecule has 0 saturated heterocycles. The molecule has 2 N–H and O–H groups in total. The maximum atomic E-state index is 5.40. The Labute approximate surface area is 326 Å². The van der Waals surface area contributed by atoms with Crippen molar-refractivity contribution in [3.05, 3.63) is 193 Å². The van der Waals surface area contributed by atoms with Crippen LogP contribution in [0.5, 0.6) is 0 Å². The number of nitrogens with one attached hydrogen (secondary N) is 2. The van der Waals surface area contributed by atoms with Gasteiger partial charge in [0.05, 0.1) is 22.8 Å². The summed E-state index contributed by atoms with van der Waals surface area (Å²) in [5.41, 5.74) is 19.6. The second-order valence-corrected chi connectivity index (χ2v) is 13.8. The molecule has 4 nitrogen and oxygen atoms in total. The van der Waals surface area contributed by atoms with Crippen molar-refractivity contribution in [3.8, 4) is 44.5 Å². The van der Waals surface area contributed by atoms with Crippen LogP contribution in [-0.2, 0) is 0 Å². The lowest BCUT2D eigenvalue weighted by atomic mass is 10.0. The maximum absolute atomic E-state index is 5.40. The van der Waals surface area contributed by atoms with Gasteiger partial charge in [0, 0.05) is 44.3 Å². The Balaban J connectivity index is 1.45. The van der Waals surface area contributed by atoms with Crippen molar-refractivity contribution < 1.29 is 0 Å². The van der Waals surface area contributed by atoms with E-state index < -0.39 is 0 Å². The van der Waals surface area contributed by atoms with Gasteiger partial charge in [0.15, 0.2) is 0 Å². The fraction of sp³-hybridized carbons (Fsp3) is 0. The van der Waals surface area contributed by atoms with Gasteiger partial charge in [-0.3, -0.25) is 0 Å². The molecule has 3 aromatic heterocycles. The molecule has 4 heteroatoms. The average molecular weight is 719 g/mol. The quantitative estimate of drug-likeness (QED) is 0.164. The number of aromatic nitrogens is 4. The highest BCUT2D eigenvalue weighted by atomic mass is 14.8. The topological polar surface area (TPSA) is 57.4 Å². The zero-order valence-electron chi connectivity index (χ0n) is 30.9. The van der Waals surface area contributed by atoms with Gasteiger partial charge in [-0.05, 0) is 93.1 Å². The number of hydrogen-bond acceptors (Lipinski definition) is 2. The van der Waals surface area contributed by atoms with Crippen molar-refractivity contribution in [2.75, 3.05) is 0 Å². The van der Waals surface area contributed by atoms with Crippen LogP contribution in [0.25, 0.3) is 115 Å². The van der Waals surface area contributed by atoms with Crippen LogP contribution in [0.15, 0.2) is 148 Å². The Morgan fingerprint density at radius 1 is 0.304 bits per heavy atom. The largest absolute Gasteiger partial charge is 0.354 e. The highest BCUT2D eigenvalue weighted by Crippen LogP contribution is 2.39. The third-order valence-electron chi connectivity index (χ3n) is 10.5. The molecule has 0 spiro atoms. The normalized spacial score (nSPS) is 11.7. The van der Waals surface area contributed by atoms with E-state index in [4.69, 9.17) is 9.97 Å². The van der Waals surface area contributed by atoms with Crippen LogP contribution >= 0.6 is 0 Å². The number of fused-ring (bicyclic) bond motifs is 8. The molecule has 0 atom stereocenters. The van der Waals surface area contributed by atoms with E-state index in [9.17, 15) is 0 Å². The number of nitrogens with zero attached hydrogens (tertiary/aromatic N) is 2. The van der Waals surface area contributed by atoms with Crippen molar-refractivity contribution in [1.82, 2.24) is 19.9 Å². The van der Waals surface area contributed by atoms with E-state index in [2.05, 4.69) is 182 Å². The van der Waals surface area contributed by atoms with Crippen molar-refractivity contribution in [3.63, 3.8) is 0 Å². The molecule has 56 heavy (non-hydrogen) atoms. The van der Waals surface area contributed by atoms with E-state index in [1.54, 1.807) is 0 Å². The maximum Gasteiger partial charge on any atom is 0.0738 e. The third-order valence-corrected chi connectivity index (χ3v) is 10.5. The molecule has 0 unspecified atom stereocenters. The lowest BCUT2D eigenvalue weighted by Gasteiger charge is -2.08. The predicted octanol–water partition coefficient (Wildman–Crippen LogP) is 13.9. The molecule has 0 amide bonds. The molecule has 0 radical (unpaired) electrons. The first-order valence-corrected chi connectivity index (χ1v) is 18.6. The average Bonchev–Trinajstić information content (AvgIpc) is 4.10. The van der Waals surface area contributed by atoms with E-state index in [0.29, 0.717) is 0 Å². The summed E-state index contributed by atoms with van der Waals surface area (Å²) in [6.45, 7) is 15.9. The molecule has 5 heterocycles. The molecule has 0 saturated carbocycles. The van der Waals surface area contributed by atoms with E-state index in [1.165, 1.54) is 0 Å². The van der Waals surface area contributed by atoms with Gasteiger partial charge < -0.3 is 9.97 Å². The van der Waals surface area contributed by atoms with Crippen LogP contribution in [0.1, 0.15) is 45.0 Å². The molecule has 0 aliphatic carbocycles. The molecule has 8 bridgehead atoms. The van der Waals surface area contributed by atoms with Gasteiger partial charge >= 0.3 is 0 Å². The molecule has 266 valence electrons. The Morgan fingerprint density at radius 3 is 0.857 bits per heavy atom. The zero-order valence-corrected chi connectivity index (χ0v) is 30.9. The zero-order chi connectivity index (χ0) is 38.2. The van der Waals surface area contributed by atoms with Gasteiger partial charge in [0.1, 0.15) is 0 Å². The molecular formula is C52H38N4. The number of benzene rings is 4. The summed E-state index contributed by atoms with van der Waals surface area (Å²) in [5.74, 6) is 0. The van der Waals surface area contributed by atoms with Crippen molar-refractivity contribution in [2.24, 2.45) is 0 Å². The van der Waals surface area contributed by atoms with Gasteiger partial charge in [-0.2, -0.15) is 0 Å². The van der Waals surface area contributed by atoms with Crippen LogP contribution in [0.4, 0.5) is 0 Å². The van der Waals surface area contributed by atoms with E-state index in [-0.39, 0.29) is 0 Å². The highest BCUT2D eigenvalue weighted by molar-refractivity contribution is 6.00. The second-order valence-electron chi connectivity index (χ2n) is 13.8. The van der Waals surface area contributed by atoms with Gasteiger partial charge in [-0.25, -0.2) is 9.97 Å². The van der Waals surface area contributed by atoms with Crippen LogP contribution in [0.2, 0.25) is 0 Å². The van der Waals surface area contributed by atoms with Gasteiger partial charge in [-0.1, -0.05) is 148 Å². The fourth-order valence-corrected chi connectivity index (χ4v) is 7.56. The molecular weight excluding hydrogens is 681 g/mol. The Bertz CT molecular complexity index is 2780. The Morgan fingerprint density at radius 2 is 0.554 bits per heavy atom. The molecule has 0 fully saturated rings. The third kappa shape index (κ3) is 6.19. The van der Waals surface area contributed by atoms with Crippen molar-refractivity contribution in [1.29, 1.82) is 0 Å². The lowest BCUT2D eigenvalue weighted by molar-refractivity contribution is 1.28. The minimum absolute atomic E-state index is 0.837. The van der Waals surface area contributed by atoms with Crippen LogP contribution in [0.3, 0.4) is 0 Å². The lowest BCUT2D eigenvalue weighted by Crippen LogP contribution is -1.91. The van der Waals surface area contributed by atoms with Crippen LogP contribution in [0, 0.1) is 0 Å². The number of H-pyrrole nitrogens is 2. The fourth-order valence-electron chi connectivity index (χ4n) is 7.56. The summed E-state index contributed by atoms with van der Waals surface area (Å²) in [7, 11) is 0. The van der Waals surface area contributed by atoms with Crippen molar-refractivity contribution >= 4 is 70.7 Å². The first-order valence-electron chi connectivity index (χ1n) is 18.6. The molecule has 2 aliphatic heterocycles. The Hall–Kier alpha value is -7.56. The molecule has 2 aliphatic rings. The summed E-state index contributed by atoms with van der Waals surface area (Å²) >= 11 is 0. The van der Waals surface area contributed by atoms with E-state index in [0.717, 1.165) is 112 Å². The van der Waals surface area contributed by atoms with E-state index in [1.807, 2.05) is 24.3 Å². The highest BCUT2D eigenvalue weighted by Gasteiger charge is 2.19. The number of hydrogen-bond donors (Lipinski definition) is 2. The predicted molar refractivity (Wildman–Crippen MR) is 241 cm³/mol. The molecule has 9 rings (SSSR count). The monoisotopic (exact) mass is 718 g/mol. The first-order chi connectivity index (χ1) is 27.5. The summed E-state index contributed by atoms with van der Waals surface area (Å²) < 4.78 is 0. The van der Waals surface area contributed by atoms with E-state index >= 15 is 0 Å². The van der Waals surface area contributed by atoms with Crippen molar-refractivity contribution in [2.45, 2.75) is 0 Å². The minimum Gasteiger partial charge on any atom is -0.354 e.